The van der Waals surface area contributed by atoms with Crippen LogP contribution in [0.2, 0.25) is 0 Å². The van der Waals surface area contributed by atoms with Gasteiger partial charge in [0.15, 0.2) is 8.67 Å². The molecule has 0 saturated carbocycles. The molecular formula is C8H6Cl12O. The molecule has 1 nitrogen and oxygen atoms in total. The highest BCUT2D eigenvalue weighted by Gasteiger charge is 2.67. The summed E-state index contributed by atoms with van der Waals surface area (Å²) in [5, 5.41) is 0. The van der Waals surface area contributed by atoms with Crippen molar-refractivity contribution in [2.24, 2.45) is 0 Å². The summed E-state index contributed by atoms with van der Waals surface area (Å²) in [6, 6.07) is 0. The van der Waals surface area contributed by atoms with E-state index in [2.05, 4.69) is 0 Å². The molecule has 0 aromatic carbocycles. The Labute approximate surface area is 182 Å². The molecule has 0 radical (unpaired) electrons. The molecule has 0 aromatic rings. The summed E-state index contributed by atoms with van der Waals surface area (Å²) >= 11 is 70.4. The Hall–Kier alpha value is 3.44. The van der Waals surface area contributed by atoms with Crippen LogP contribution in [0.5, 0.6) is 0 Å². The lowest BCUT2D eigenvalue weighted by Crippen LogP contribution is -2.57. The molecule has 0 N–H and O–H groups in total. The summed E-state index contributed by atoms with van der Waals surface area (Å²) in [6.07, 6.45) is 0. The van der Waals surface area contributed by atoms with E-state index in [0.717, 1.165) is 0 Å². The van der Waals surface area contributed by atoms with E-state index < -0.39 is 26.4 Å². The first-order valence-electron chi connectivity index (χ1n) is 4.68. The lowest BCUT2D eigenvalue weighted by Gasteiger charge is -2.45. The molecule has 21 heavy (non-hydrogen) atoms. The minimum Gasteiger partial charge on any atom is -0.304 e. The van der Waals surface area contributed by atoms with Crippen LogP contribution < -0.4 is 0 Å². The predicted molar refractivity (Wildman–Crippen MR) is 99.1 cm³/mol. The van der Waals surface area contributed by atoms with Crippen LogP contribution in [0.15, 0.2) is 0 Å². The van der Waals surface area contributed by atoms with Crippen LogP contribution in [0.4, 0.5) is 0 Å². The van der Waals surface area contributed by atoms with Gasteiger partial charge in [-0.05, 0) is 13.8 Å². The summed E-state index contributed by atoms with van der Waals surface area (Å²) in [6.45, 7) is 2.40. The van der Waals surface area contributed by atoms with E-state index in [1.165, 1.54) is 13.8 Å². The van der Waals surface area contributed by atoms with Crippen molar-refractivity contribution < 1.29 is 4.74 Å². The predicted octanol–water partition coefficient (Wildman–Crippen LogP) is 8.00. The SMILES string of the molecule is CC(Cl)(Cl)C(Cl)(Cl)C(Cl)(Cl)OC(Cl)(Cl)C(Cl)(Cl)C(C)(Cl)Cl. The summed E-state index contributed by atoms with van der Waals surface area (Å²) < 4.78 is -8.46. The molecule has 13 heteroatoms. The van der Waals surface area contributed by atoms with Gasteiger partial charge in [0.1, 0.15) is 0 Å². The fraction of sp³-hybridized carbons (Fsp3) is 1.00. The maximum Gasteiger partial charge on any atom is 0.256 e. The molecule has 0 aliphatic heterocycles. The monoisotopic (exact) mass is 538 g/mol. The summed E-state index contributed by atoms with van der Waals surface area (Å²) in [7, 11) is 0. The Balaban J connectivity index is 5.65. The van der Waals surface area contributed by atoms with Gasteiger partial charge in [0, 0.05) is 0 Å². The Kier molecular flexibility index (Phi) is 8.40. The van der Waals surface area contributed by atoms with E-state index in [0.29, 0.717) is 0 Å². The minimum absolute atomic E-state index is 1.20. The maximum absolute atomic E-state index is 5.92. The van der Waals surface area contributed by atoms with Crippen molar-refractivity contribution in [2.75, 3.05) is 0 Å². The zero-order chi connectivity index (χ0) is 17.7. The summed E-state index contributed by atoms with van der Waals surface area (Å²) in [5.41, 5.74) is 0. The van der Waals surface area contributed by atoms with Crippen LogP contribution in [0, 0.1) is 0 Å². The highest BCUT2D eigenvalue weighted by Crippen LogP contribution is 2.61. The number of hydrogen-bond donors (Lipinski definition) is 0. The van der Waals surface area contributed by atoms with Gasteiger partial charge in [0.2, 0.25) is 8.67 Å². The zero-order valence-electron chi connectivity index (χ0n) is 9.94. The third-order valence-electron chi connectivity index (χ3n) is 2.09. The number of halogens is 12. The van der Waals surface area contributed by atoms with E-state index in [1.54, 1.807) is 0 Å². The molecule has 0 amide bonds. The molecule has 0 spiro atoms. The Morgan fingerprint density at radius 2 is 0.667 bits per heavy atom. The molecule has 0 fully saturated rings. The second kappa shape index (κ2) is 7.22. The molecule has 0 heterocycles. The maximum atomic E-state index is 5.92. The fourth-order valence-corrected chi connectivity index (χ4v) is 3.25. The van der Waals surface area contributed by atoms with Gasteiger partial charge in [-0.3, -0.25) is 0 Å². The Morgan fingerprint density at radius 3 is 0.810 bits per heavy atom. The first kappa shape index (κ1) is 24.4. The average molecular weight is 544 g/mol. The number of hydrogen-bond acceptors (Lipinski definition) is 1. The topological polar surface area (TPSA) is 9.23 Å². The average Bonchev–Trinajstić information content (AvgIpc) is 2.11. The lowest BCUT2D eigenvalue weighted by molar-refractivity contribution is 0.00616. The van der Waals surface area contributed by atoms with Crippen molar-refractivity contribution in [1.29, 1.82) is 0 Å². The molecule has 0 aliphatic rings. The van der Waals surface area contributed by atoms with Crippen LogP contribution in [-0.2, 0) is 4.74 Å². The largest absolute Gasteiger partial charge is 0.304 e. The Bertz CT molecular complexity index is 340. The molecule has 0 rings (SSSR count). The second-order valence-corrected chi connectivity index (χ2v) is 12.6. The van der Waals surface area contributed by atoms with Crippen molar-refractivity contribution in [1.82, 2.24) is 0 Å². The van der Waals surface area contributed by atoms with Gasteiger partial charge >= 0.3 is 0 Å². The van der Waals surface area contributed by atoms with E-state index in [4.69, 9.17) is 144 Å². The van der Waals surface area contributed by atoms with Gasteiger partial charge in [0.05, 0.1) is 0 Å². The van der Waals surface area contributed by atoms with Gasteiger partial charge in [-0.2, -0.15) is 0 Å². The zero-order valence-corrected chi connectivity index (χ0v) is 19.0. The molecule has 128 valence electrons. The molecule has 0 aliphatic carbocycles. The molecule has 0 saturated heterocycles. The molecular weight excluding hydrogens is 538 g/mol. The van der Waals surface area contributed by atoms with E-state index in [9.17, 15) is 0 Å². The van der Waals surface area contributed by atoms with Gasteiger partial charge in [-0.25, -0.2) is 0 Å². The third-order valence-corrected chi connectivity index (χ3v) is 8.79. The number of rotatable bonds is 6. The standard InChI is InChI=1S/C8H6Cl12O/c1-3(9,10)5(13,14)7(17,18)21-8(19,20)6(15,16)4(2,11)12/h1-2H3. The third kappa shape index (κ3) is 5.22. The van der Waals surface area contributed by atoms with Gasteiger partial charge in [-0.15, -0.1) is 0 Å². The molecule has 0 unspecified atom stereocenters. The highest BCUT2D eigenvalue weighted by atomic mass is 35.6. The van der Waals surface area contributed by atoms with Gasteiger partial charge < -0.3 is 4.74 Å². The summed E-state index contributed by atoms with van der Waals surface area (Å²) in [4.78, 5) is 0. The Morgan fingerprint density at radius 1 is 0.476 bits per heavy atom. The van der Waals surface area contributed by atoms with Crippen molar-refractivity contribution in [3.63, 3.8) is 0 Å². The van der Waals surface area contributed by atoms with E-state index >= 15 is 0 Å². The van der Waals surface area contributed by atoms with Crippen LogP contribution in [0.1, 0.15) is 13.8 Å². The van der Waals surface area contributed by atoms with Crippen LogP contribution in [0.25, 0.3) is 0 Å². The molecule has 0 bridgehead atoms. The molecule has 0 atom stereocenters. The first-order chi connectivity index (χ1) is 8.71. The number of ether oxygens (including phenoxy) is 1. The fourth-order valence-electron chi connectivity index (χ4n) is 0.800. The van der Waals surface area contributed by atoms with Crippen molar-refractivity contribution >= 4 is 139 Å². The quantitative estimate of drug-likeness (QED) is 0.309. The van der Waals surface area contributed by atoms with E-state index in [1.807, 2.05) is 0 Å². The first-order valence-corrected chi connectivity index (χ1v) is 9.21. The van der Waals surface area contributed by atoms with Crippen molar-refractivity contribution in [3.05, 3.63) is 0 Å². The van der Waals surface area contributed by atoms with Crippen LogP contribution in [-0.4, -0.2) is 26.4 Å². The van der Waals surface area contributed by atoms with Gasteiger partial charge in [0.25, 0.3) is 9.04 Å². The van der Waals surface area contributed by atoms with Crippen molar-refractivity contribution in [2.45, 2.75) is 40.2 Å². The van der Waals surface area contributed by atoms with Crippen molar-refractivity contribution in [3.8, 4) is 0 Å². The minimum atomic E-state index is -2.55. The normalized spacial score (nSPS) is 16.3. The highest BCUT2D eigenvalue weighted by molar-refractivity contribution is 6.71. The second-order valence-electron chi connectivity index (χ2n) is 4.06. The number of alkyl halides is 12. The molecule has 0 aromatic heterocycles. The van der Waals surface area contributed by atoms with Crippen LogP contribution >= 0.6 is 139 Å². The van der Waals surface area contributed by atoms with Crippen LogP contribution in [0.3, 0.4) is 0 Å². The lowest BCUT2D eigenvalue weighted by atomic mass is 10.3. The van der Waals surface area contributed by atoms with Gasteiger partial charge in [-0.1, -0.05) is 139 Å². The van der Waals surface area contributed by atoms with E-state index in [-0.39, 0.29) is 0 Å². The summed E-state index contributed by atoms with van der Waals surface area (Å²) in [5.74, 6) is 0. The smallest absolute Gasteiger partial charge is 0.256 e.